The molecule has 6 heteroatoms. The summed E-state index contributed by atoms with van der Waals surface area (Å²) in [7, 11) is 0. The summed E-state index contributed by atoms with van der Waals surface area (Å²) < 4.78 is 0. The zero-order valence-electron chi connectivity index (χ0n) is 11.5. The van der Waals surface area contributed by atoms with Gasteiger partial charge in [-0.25, -0.2) is 4.98 Å². The van der Waals surface area contributed by atoms with Crippen LogP contribution in [0.5, 0.6) is 0 Å². The van der Waals surface area contributed by atoms with E-state index in [4.69, 9.17) is 0 Å². The van der Waals surface area contributed by atoms with Crippen molar-refractivity contribution in [1.82, 2.24) is 20.1 Å². The molecule has 2 aromatic rings. The van der Waals surface area contributed by atoms with E-state index in [9.17, 15) is 4.79 Å². The van der Waals surface area contributed by atoms with Crippen LogP contribution < -0.4 is 0 Å². The van der Waals surface area contributed by atoms with Crippen LogP contribution in [0.1, 0.15) is 35.2 Å². The highest BCUT2D eigenvalue weighted by Gasteiger charge is 2.25. The van der Waals surface area contributed by atoms with Gasteiger partial charge in [-0.3, -0.25) is 9.89 Å². The number of rotatable bonds is 3. The van der Waals surface area contributed by atoms with Crippen LogP contribution in [0.3, 0.4) is 0 Å². The second kappa shape index (κ2) is 5.75. The normalized spacial score (nSPS) is 16.6. The van der Waals surface area contributed by atoms with Gasteiger partial charge in [-0.15, -0.1) is 11.3 Å². The largest absolute Gasteiger partial charge is 0.342 e. The lowest BCUT2D eigenvalue weighted by molar-refractivity contribution is -0.131. The Morgan fingerprint density at radius 1 is 1.50 bits per heavy atom. The Morgan fingerprint density at radius 2 is 2.30 bits per heavy atom. The summed E-state index contributed by atoms with van der Waals surface area (Å²) in [4.78, 5) is 18.7. The molecule has 0 atom stereocenters. The van der Waals surface area contributed by atoms with Crippen molar-refractivity contribution in [2.75, 3.05) is 13.1 Å². The molecule has 0 radical (unpaired) electrons. The molecule has 106 valence electrons. The molecule has 0 unspecified atom stereocenters. The first-order valence-electron chi connectivity index (χ1n) is 6.90. The molecule has 2 aromatic heterocycles. The van der Waals surface area contributed by atoms with Crippen LogP contribution in [-0.2, 0) is 11.2 Å². The lowest BCUT2D eigenvalue weighted by Crippen LogP contribution is -2.38. The van der Waals surface area contributed by atoms with E-state index in [1.165, 1.54) is 5.01 Å². The number of thiazole rings is 1. The molecular formula is C14H18N4OS. The van der Waals surface area contributed by atoms with E-state index < -0.39 is 0 Å². The highest BCUT2D eigenvalue weighted by atomic mass is 32.1. The minimum absolute atomic E-state index is 0.183. The molecule has 1 aliphatic heterocycles. The molecule has 3 heterocycles. The molecule has 0 aromatic carbocycles. The third kappa shape index (κ3) is 2.90. The van der Waals surface area contributed by atoms with Gasteiger partial charge in [-0.1, -0.05) is 0 Å². The van der Waals surface area contributed by atoms with Gasteiger partial charge in [0.05, 0.1) is 11.4 Å². The maximum Gasteiger partial charge on any atom is 0.228 e. The van der Waals surface area contributed by atoms with Crippen LogP contribution in [0.25, 0.3) is 0 Å². The van der Waals surface area contributed by atoms with Crippen LogP contribution in [0, 0.1) is 6.92 Å². The van der Waals surface area contributed by atoms with Gasteiger partial charge in [0.1, 0.15) is 0 Å². The molecule has 0 saturated carbocycles. The van der Waals surface area contributed by atoms with Gasteiger partial charge in [0, 0.05) is 42.0 Å². The maximum absolute atomic E-state index is 12.2. The monoisotopic (exact) mass is 290 g/mol. The number of H-pyrrole nitrogens is 1. The average molecular weight is 290 g/mol. The second-order valence-corrected chi connectivity index (χ2v) is 6.13. The van der Waals surface area contributed by atoms with Crippen molar-refractivity contribution in [3.05, 3.63) is 34.0 Å². The van der Waals surface area contributed by atoms with E-state index in [1.54, 1.807) is 17.5 Å². The van der Waals surface area contributed by atoms with Crippen LogP contribution >= 0.6 is 11.3 Å². The van der Waals surface area contributed by atoms with Crippen molar-refractivity contribution in [3.63, 3.8) is 0 Å². The summed E-state index contributed by atoms with van der Waals surface area (Å²) in [5, 5.41) is 10.0. The van der Waals surface area contributed by atoms with Crippen molar-refractivity contribution in [2.45, 2.75) is 32.1 Å². The molecule has 1 aliphatic rings. The van der Waals surface area contributed by atoms with Gasteiger partial charge in [-0.2, -0.15) is 5.10 Å². The Bertz CT molecular complexity index is 570. The molecule has 3 rings (SSSR count). The van der Waals surface area contributed by atoms with E-state index in [0.717, 1.165) is 37.3 Å². The minimum Gasteiger partial charge on any atom is -0.342 e. The maximum atomic E-state index is 12.2. The summed E-state index contributed by atoms with van der Waals surface area (Å²) in [5.41, 5.74) is 1.98. The molecule has 5 nitrogen and oxygen atoms in total. The van der Waals surface area contributed by atoms with Crippen molar-refractivity contribution in [1.29, 1.82) is 0 Å². The van der Waals surface area contributed by atoms with Gasteiger partial charge in [0.25, 0.3) is 0 Å². The third-order valence-electron chi connectivity index (χ3n) is 3.73. The Balaban J connectivity index is 1.54. The highest BCUT2D eigenvalue weighted by Crippen LogP contribution is 2.30. The summed E-state index contributed by atoms with van der Waals surface area (Å²) in [6, 6.07) is 1.85. The fourth-order valence-corrected chi connectivity index (χ4v) is 3.56. The van der Waals surface area contributed by atoms with Crippen molar-refractivity contribution in [3.8, 4) is 0 Å². The van der Waals surface area contributed by atoms with Crippen LogP contribution in [-0.4, -0.2) is 39.1 Å². The van der Waals surface area contributed by atoms with E-state index in [-0.39, 0.29) is 5.91 Å². The summed E-state index contributed by atoms with van der Waals surface area (Å²) in [6.07, 6.45) is 4.13. The van der Waals surface area contributed by atoms with Crippen LogP contribution in [0.2, 0.25) is 0 Å². The molecule has 1 amide bonds. The number of piperidine rings is 1. The number of aromatic nitrogens is 3. The van der Waals surface area contributed by atoms with Gasteiger partial charge in [-0.05, 0) is 25.8 Å². The van der Waals surface area contributed by atoms with Crippen LogP contribution in [0.4, 0.5) is 0 Å². The molecule has 1 saturated heterocycles. The fraction of sp³-hybridized carbons (Fsp3) is 0.500. The number of aromatic amines is 1. The predicted molar refractivity (Wildman–Crippen MR) is 77.7 cm³/mol. The summed E-state index contributed by atoms with van der Waals surface area (Å²) >= 11 is 1.74. The zero-order valence-corrected chi connectivity index (χ0v) is 12.3. The number of amides is 1. The number of likely N-dealkylation sites (tertiary alicyclic amines) is 1. The first-order valence-corrected chi connectivity index (χ1v) is 7.78. The quantitative estimate of drug-likeness (QED) is 0.942. The third-order valence-corrected chi connectivity index (χ3v) is 4.86. The molecule has 0 aliphatic carbocycles. The summed E-state index contributed by atoms with van der Waals surface area (Å²) in [5.74, 6) is 0.702. The topological polar surface area (TPSA) is 61.9 Å². The molecule has 1 N–H and O–H groups in total. The molecule has 0 bridgehead atoms. The number of nitrogens with one attached hydrogen (secondary N) is 1. The number of hydrogen-bond donors (Lipinski definition) is 1. The smallest absolute Gasteiger partial charge is 0.228 e. The van der Waals surface area contributed by atoms with E-state index in [1.807, 2.05) is 17.9 Å². The molecular weight excluding hydrogens is 272 g/mol. The second-order valence-electron chi connectivity index (χ2n) is 5.24. The molecule has 1 fully saturated rings. The van der Waals surface area contributed by atoms with Gasteiger partial charge in [0.2, 0.25) is 5.91 Å². The Hall–Kier alpha value is -1.69. The number of hydrogen-bond acceptors (Lipinski definition) is 4. The number of carbonyl (C=O) groups is 1. The minimum atomic E-state index is 0.183. The van der Waals surface area contributed by atoms with Crippen molar-refractivity contribution >= 4 is 17.2 Å². The van der Waals surface area contributed by atoms with E-state index >= 15 is 0 Å². The van der Waals surface area contributed by atoms with Crippen LogP contribution in [0.15, 0.2) is 17.6 Å². The Labute approximate surface area is 122 Å². The lowest BCUT2D eigenvalue weighted by Gasteiger charge is -2.31. The Kier molecular flexibility index (Phi) is 3.82. The van der Waals surface area contributed by atoms with Crippen molar-refractivity contribution in [2.24, 2.45) is 0 Å². The number of nitrogens with zero attached hydrogens (tertiary/aromatic N) is 3. The lowest BCUT2D eigenvalue weighted by atomic mass is 9.97. The van der Waals surface area contributed by atoms with E-state index in [2.05, 4.69) is 20.6 Å². The fourth-order valence-electron chi connectivity index (χ4n) is 2.59. The standard InChI is InChI=1S/C14H18N4OS/c1-10-9-20-14(16-10)11-3-6-18(7-4-11)13(19)8-12-2-5-15-17-12/h2,5,9,11H,3-4,6-8H2,1H3,(H,15,17). The predicted octanol–water partition coefficient (Wildman–Crippen LogP) is 2.12. The summed E-state index contributed by atoms with van der Waals surface area (Å²) in [6.45, 7) is 3.69. The van der Waals surface area contributed by atoms with Gasteiger partial charge in [0.15, 0.2) is 0 Å². The van der Waals surface area contributed by atoms with E-state index in [0.29, 0.717) is 12.3 Å². The first kappa shape index (κ1) is 13.3. The van der Waals surface area contributed by atoms with Gasteiger partial charge >= 0.3 is 0 Å². The average Bonchev–Trinajstić information content (AvgIpc) is 3.10. The highest BCUT2D eigenvalue weighted by molar-refractivity contribution is 7.09. The SMILES string of the molecule is Cc1csc(C2CCN(C(=O)Cc3ccn[nH]3)CC2)n1. The molecule has 20 heavy (non-hydrogen) atoms. The number of carbonyl (C=O) groups excluding carboxylic acids is 1. The van der Waals surface area contributed by atoms with Crippen molar-refractivity contribution < 1.29 is 4.79 Å². The Morgan fingerprint density at radius 3 is 2.90 bits per heavy atom. The first-order chi connectivity index (χ1) is 9.72. The number of aryl methyl sites for hydroxylation is 1. The molecule has 0 spiro atoms. The zero-order chi connectivity index (χ0) is 13.9. The van der Waals surface area contributed by atoms with Gasteiger partial charge < -0.3 is 4.90 Å².